The molecule has 0 fully saturated rings. The van der Waals surface area contributed by atoms with Gasteiger partial charge >= 0.3 is 0 Å². The zero-order valence-electron chi connectivity index (χ0n) is 8.46. The van der Waals surface area contributed by atoms with Gasteiger partial charge in [0.1, 0.15) is 5.75 Å². The molecule has 0 aromatic heterocycles. The van der Waals surface area contributed by atoms with Crippen LogP contribution in [-0.4, -0.2) is 18.7 Å². The predicted octanol–water partition coefficient (Wildman–Crippen LogP) is 2.02. The Bertz CT molecular complexity index is 283. The molecule has 0 amide bonds. The van der Waals surface area contributed by atoms with Crippen molar-refractivity contribution < 1.29 is 5.11 Å². The van der Waals surface area contributed by atoms with E-state index in [0.29, 0.717) is 11.7 Å². The van der Waals surface area contributed by atoms with Crippen LogP contribution in [0.4, 0.5) is 0 Å². The normalized spacial score (nSPS) is 12.8. The van der Waals surface area contributed by atoms with Gasteiger partial charge in [-0.05, 0) is 37.1 Å². The van der Waals surface area contributed by atoms with E-state index < -0.39 is 0 Å². The molecule has 0 aliphatic carbocycles. The zero-order valence-corrected chi connectivity index (χ0v) is 8.46. The van der Waals surface area contributed by atoms with E-state index in [1.54, 1.807) is 0 Å². The smallest absolute Gasteiger partial charge is 0.118 e. The van der Waals surface area contributed by atoms with Crippen molar-refractivity contribution in [1.82, 2.24) is 5.32 Å². The second-order valence-corrected chi connectivity index (χ2v) is 3.50. The number of benzene rings is 1. The summed E-state index contributed by atoms with van der Waals surface area (Å²) < 4.78 is 0. The topological polar surface area (TPSA) is 32.3 Å². The minimum atomic E-state index is 0.389. The highest BCUT2D eigenvalue weighted by atomic mass is 16.3. The largest absolute Gasteiger partial charge is 0.508 e. The number of aryl methyl sites for hydroxylation is 1. The van der Waals surface area contributed by atoms with Gasteiger partial charge < -0.3 is 10.4 Å². The summed E-state index contributed by atoms with van der Waals surface area (Å²) >= 11 is 0. The number of likely N-dealkylation sites (N-methyl/N-ethyl adjacent to an activating group) is 1. The van der Waals surface area contributed by atoms with E-state index in [1.807, 2.05) is 26.1 Å². The van der Waals surface area contributed by atoms with E-state index in [-0.39, 0.29) is 0 Å². The standard InChI is InChI=1S/C11H17NO/c1-8-4-5-10(6-11(8)13)9(2)7-12-3/h4-6,9,12-13H,7H2,1-3H3/t9-/m0/s1. The molecular formula is C11H17NO. The quantitative estimate of drug-likeness (QED) is 0.744. The Morgan fingerprint density at radius 2 is 2.15 bits per heavy atom. The maximum Gasteiger partial charge on any atom is 0.118 e. The number of aromatic hydroxyl groups is 1. The lowest BCUT2D eigenvalue weighted by Gasteiger charge is -2.11. The molecule has 0 heterocycles. The number of hydrogen-bond donors (Lipinski definition) is 2. The third-order valence-corrected chi connectivity index (χ3v) is 2.31. The SMILES string of the molecule is CNC[C@H](C)c1ccc(C)c(O)c1. The molecule has 0 bridgehead atoms. The fourth-order valence-corrected chi connectivity index (χ4v) is 1.36. The first kappa shape index (κ1) is 10.1. The average molecular weight is 179 g/mol. The molecule has 0 saturated carbocycles. The van der Waals surface area contributed by atoms with Gasteiger partial charge in [-0.3, -0.25) is 0 Å². The van der Waals surface area contributed by atoms with Crippen LogP contribution < -0.4 is 5.32 Å². The van der Waals surface area contributed by atoms with Crippen molar-refractivity contribution in [3.63, 3.8) is 0 Å². The molecular weight excluding hydrogens is 162 g/mol. The molecule has 2 heteroatoms. The molecule has 0 aliphatic heterocycles. The van der Waals surface area contributed by atoms with Gasteiger partial charge in [-0.1, -0.05) is 19.1 Å². The van der Waals surface area contributed by atoms with Crippen LogP contribution in [0.2, 0.25) is 0 Å². The number of phenols is 1. The van der Waals surface area contributed by atoms with Crippen LogP contribution in [0.5, 0.6) is 5.75 Å². The molecule has 2 nitrogen and oxygen atoms in total. The van der Waals surface area contributed by atoms with Crippen molar-refractivity contribution in [1.29, 1.82) is 0 Å². The molecule has 13 heavy (non-hydrogen) atoms. The maximum atomic E-state index is 9.50. The molecule has 1 aromatic carbocycles. The second-order valence-electron chi connectivity index (χ2n) is 3.50. The van der Waals surface area contributed by atoms with Gasteiger partial charge in [0.25, 0.3) is 0 Å². The van der Waals surface area contributed by atoms with Crippen molar-refractivity contribution in [2.24, 2.45) is 0 Å². The van der Waals surface area contributed by atoms with Crippen molar-refractivity contribution in [3.8, 4) is 5.75 Å². The molecule has 1 aromatic rings. The molecule has 2 N–H and O–H groups in total. The first-order valence-corrected chi connectivity index (χ1v) is 4.59. The molecule has 0 spiro atoms. The highest BCUT2D eigenvalue weighted by molar-refractivity contribution is 5.36. The number of phenolic OH excluding ortho intramolecular Hbond substituents is 1. The van der Waals surface area contributed by atoms with E-state index in [4.69, 9.17) is 0 Å². The molecule has 72 valence electrons. The summed E-state index contributed by atoms with van der Waals surface area (Å²) in [5, 5.41) is 12.6. The van der Waals surface area contributed by atoms with E-state index >= 15 is 0 Å². The predicted molar refractivity (Wildman–Crippen MR) is 55.2 cm³/mol. The summed E-state index contributed by atoms with van der Waals surface area (Å²) in [7, 11) is 1.94. The van der Waals surface area contributed by atoms with E-state index in [0.717, 1.165) is 12.1 Å². The van der Waals surface area contributed by atoms with Gasteiger partial charge in [0.05, 0.1) is 0 Å². The number of hydrogen-bond acceptors (Lipinski definition) is 2. The van der Waals surface area contributed by atoms with Gasteiger partial charge in [0.15, 0.2) is 0 Å². The van der Waals surface area contributed by atoms with Gasteiger partial charge in [-0.25, -0.2) is 0 Å². The molecule has 1 atom stereocenters. The summed E-state index contributed by atoms with van der Waals surface area (Å²) in [6.45, 7) is 4.98. The Morgan fingerprint density at radius 1 is 1.46 bits per heavy atom. The first-order chi connectivity index (χ1) is 6.15. The Kier molecular flexibility index (Phi) is 3.32. The number of rotatable bonds is 3. The van der Waals surface area contributed by atoms with Gasteiger partial charge in [0.2, 0.25) is 0 Å². The summed E-state index contributed by atoms with van der Waals surface area (Å²) in [5.41, 5.74) is 2.11. The summed E-state index contributed by atoms with van der Waals surface area (Å²) in [5.74, 6) is 0.831. The third-order valence-electron chi connectivity index (χ3n) is 2.31. The Morgan fingerprint density at radius 3 is 2.69 bits per heavy atom. The number of nitrogens with one attached hydrogen (secondary N) is 1. The fraction of sp³-hybridized carbons (Fsp3) is 0.455. The third kappa shape index (κ3) is 2.46. The fourth-order valence-electron chi connectivity index (χ4n) is 1.36. The maximum absolute atomic E-state index is 9.50. The molecule has 1 rings (SSSR count). The first-order valence-electron chi connectivity index (χ1n) is 4.59. The summed E-state index contributed by atoms with van der Waals surface area (Å²) in [6.07, 6.45) is 0. The van der Waals surface area contributed by atoms with Crippen molar-refractivity contribution >= 4 is 0 Å². The average Bonchev–Trinajstić information content (AvgIpc) is 2.10. The highest BCUT2D eigenvalue weighted by Gasteiger charge is 2.05. The molecule has 0 radical (unpaired) electrons. The molecule has 0 aliphatic rings. The Hall–Kier alpha value is -1.02. The van der Waals surface area contributed by atoms with Crippen LogP contribution in [0, 0.1) is 6.92 Å². The van der Waals surface area contributed by atoms with Crippen LogP contribution in [0.3, 0.4) is 0 Å². The Labute approximate surface area is 79.6 Å². The lowest BCUT2D eigenvalue weighted by Crippen LogP contribution is -2.14. The zero-order chi connectivity index (χ0) is 9.84. The van der Waals surface area contributed by atoms with Gasteiger partial charge in [0, 0.05) is 6.54 Å². The van der Waals surface area contributed by atoms with Crippen LogP contribution in [-0.2, 0) is 0 Å². The minimum Gasteiger partial charge on any atom is -0.508 e. The van der Waals surface area contributed by atoms with Crippen LogP contribution in [0.25, 0.3) is 0 Å². The van der Waals surface area contributed by atoms with Crippen molar-refractivity contribution in [2.45, 2.75) is 19.8 Å². The molecule has 0 unspecified atom stereocenters. The van der Waals surface area contributed by atoms with E-state index in [1.165, 1.54) is 5.56 Å². The van der Waals surface area contributed by atoms with Gasteiger partial charge in [-0.2, -0.15) is 0 Å². The van der Waals surface area contributed by atoms with E-state index in [2.05, 4.69) is 18.3 Å². The second kappa shape index (κ2) is 4.28. The van der Waals surface area contributed by atoms with Crippen LogP contribution in [0.1, 0.15) is 24.0 Å². The Balaban J connectivity index is 2.84. The monoisotopic (exact) mass is 179 g/mol. The lowest BCUT2D eigenvalue weighted by molar-refractivity contribution is 0.469. The molecule has 0 saturated heterocycles. The van der Waals surface area contributed by atoms with Gasteiger partial charge in [-0.15, -0.1) is 0 Å². The van der Waals surface area contributed by atoms with Crippen molar-refractivity contribution in [3.05, 3.63) is 29.3 Å². The van der Waals surface area contributed by atoms with Crippen molar-refractivity contribution in [2.75, 3.05) is 13.6 Å². The summed E-state index contributed by atoms with van der Waals surface area (Å²) in [6, 6.07) is 5.87. The van der Waals surface area contributed by atoms with Crippen LogP contribution in [0.15, 0.2) is 18.2 Å². The summed E-state index contributed by atoms with van der Waals surface area (Å²) in [4.78, 5) is 0. The minimum absolute atomic E-state index is 0.389. The lowest BCUT2D eigenvalue weighted by atomic mass is 9.99. The van der Waals surface area contributed by atoms with Crippen LogP contribution >= 0.6 is 0 Å². The highest BCUT2D eigenvalue weighted by Crippen LogP contribution is 2.22. The van der Waals surface area contributed by atoms with E-state index in [9.17, 15) is 5.11 Å².